The number of anilines is 1. The minimum Gasteiger partial charge on any atom is -0.381 e. The maximum Gasteiger partial charge on any atom is 0.269 e. The standard InChI is InChI=1S/C17H20N4O4/c22-17(9-13-1-3-16(4-2-13)21(23)24)19-15-10-18-20(12-15)11-14-5-7-25-8-6-14/h1-4,10,12,14H,5-9,11H2,(H,19,22). The van der Waals surface area contributed by atoms with Crippen molar-refractivity contribution in [2.75, 3.05) is 18.5 Å². The number of benzene rings is 1. The Labute approximate surface area is 144 Å². The Morgan fingerprint density at radius 3 is 2.72 bits per heavy atom. The molecular weight excluding hydrogens is 324 g/mol. The molecule has 8 heteroatoms. The molecule has 1 aliphatic heterocycles. The van der Waals surface area contributed by atoms with E-state index in [0.29, 0.717) is 11.6 Å². The maximum atomic E-state index is 12.1. The van der Waals surface area contributed by atoms with Crippen LogP contribution in [-0.2, 0) is 22.5 Å². The van der Waals surface area contributed by atoms with E-state index < -0.39 is 4.92 Å². The van der Waals surface area contributed by atoms with Crippen molar-refractivity contribution in [2.45, 2.75) is 25.8 Å². The van der Waals surface area contributed by atoms with Gasteiger partial charge in [-0.2, -0.15) is 5.10 Å². The van der Waals surface area contributed by atoms with Gasteiger partial charge in [0.25, 0.3) is 5.69 Å². The molecule has 2 heterocycles. The summed E-state index contributed by atoms with van der Waals surface area (Å²) in [6, 6.07) is 5.97. The van der Waals surface area contributed by atoms with Crippen LogP contribution in [0.4, 0.5) is 11.4 Å². The molecule has 1 aromatic heterocycles. The lowest BCUT2D eigenvalue weighted by Crippen LogP contribution is -2.20. The van der Waals surface area contributed by atoms with Gasteiger partial charge in [0, 0.05) is 38.1 Å². The topological polar surface area (TPSA) is 99.3 Å². The summed E-state index contributed by atoms with van der Waals surface area (Å²) in [6.45, 7) is 2.41. The van der Waals surface area contributed by atoms with E-state index in [1.54, 1.807) is 18.3 Å². The highest BCUT2D eigenvalue weighted by Gasteiger charge is 2.15. The molecule has 0 aliphatic carbocycles. The van der Waals surface area contributed by atoms with Gasteiger partial charge in [-0.05, 0) is 24.3 Å². The molecule has 1 aromatic carbocycles. The van der Waals surface area contributed by atoms with Gasteiger partial charge < -0.3 is 10.1 Å². The molecule has 132 valence electrons. The average molecular weight is 344 g/mol. The van der Waals surface area contributed by atoms with E-state index in [1.807, 2.05) is 10.9 Å². The van der Waals surface area contributed by atoms with Crippen LogP contribution in [0.5, 0.6) is 0 Å². The summed E-state index contributed by atoms with van der Waals surface area (Å²) in [5.41, 5.74) is 1.38. The summed E-state index contributed by atoms with van der Waals surface area (Å²) >= 11 is 0. The summed E-state index contributed by atoms with van der Waals surface area (Å²) in [5.74, 6) is 0.372. The first-order valence-electron chi connectivity index (χ1n) is 8.23. The third-order valence-corrected chi connectivity index (χ3v) is 4.21. The van der Waals surface area contributed by atoms with Crippen LogP contribution in [0.3, 0.4) is 0 Å². The smallest absolute Gasteiger partial charge is 0.269 e. The molecule has 1 N–H and O–H groups in total. The minimum atomic E-state index is -0.462. The third kappa shape index (κ3) is 4.87. The molecule has 8 nitrogen and oxygen atoms in total. The number of carbonyl (C=O) groups excluding carboxylic acids is 1. The summed E-state index contributed by atoms with van der Waals surface area (Å²) in [5, 5.41) is 17.7. The predicted molar refractivity (Wildman–Crippen MR) is 91.2 cm³/mol. The molecule has 25 heavy (non-hydrogen) atoms. The Morgan fingerprint density at radius 2 is 2.04 bits per heavy atom. The Kier molecular flexibility index (Phi) is 5.39. The third-order valence-electron chi connectivity index (χ3n) is 4.21. The molecule has 1 aliphatic rings. The predicted octanol–water partition coefficient (Wildman–Crippen LogP) is 2.40. The molecular formula is C17H20N4O4. The van der Waals surface area contributed by atoms with E-state index in [4.69, 9.17) is 4.74 Å². The van der Waals surface area contributed by atoms with Gasteiger partial charge in [0.1, 0.15) is 0 Å². The number of aromatic nitrogens is 2. The number of hydrogen-bond donors (Lipinski definition) is 1. The zero-order valence-electron chi connectivity index (χ0n) is 13.8. The fourth-order valence-electron chi connectivity index (χ4n) is 2.85. The summed E-state index contributed by atoms with van der Waals surface area (Å²) in [7, 11) is 0. The van der Waals surface area contributed by atoms with Crippen LogP contribution in [0.2, 0.25) is 0 Å². The molecule has 0 spiro atoms. The zero-order valence-corrected chi connectivity index (χ0v) is 13.8. The number of nitrogens with zero attached hydrogens (tertiary/aromatic N) is 3. The van der Waals surface area contributed by atoms with Crippen LogP contribution in [0.1, 0.15) is 18.4 Å². The number of hydrogen-bond acceptors (Lipinski definition) is 5. The van der Waals surface area contributed by atoms with Crippen LogP contribution < -0.4 is 5.32 Å². The van der Waals surface area contributed by atoms with Gasteiger partial charge >= 0.3 is 0 Å². The largest absolute Gasteiger partial charge is 0.381 e. The van der Waals surface area contributed by atoms with Crippen LogP contribution in [0, 0.1) is 16.0 Å². The molecule has 1 saturated heterocycles. The van der Waals surface area contributed by atoms with Crippen molar-refractivity contribution < 1.29 is 14.5 Å². The number of nitro groups is 1. The van der Waals surface area contributed by atoms with Crippen molar-refractivity contribution in [1.29, 1.82) is 0 Å². The van der Waals surface area contributed by atoms with Gasteiger partial charge in [0.15, 0.2) is 0 Å². The van der Waals surface area contributed by atoms with Gasteiger partial charge in [-0.25, -0.2) is 0 Å². The highest BCUT2D eigenvalue weighted by molar-refractivity contribution is 5.92. The second kappa shape index (κ2) is 7.89. The first-order chi connectivity index (χ1) is 12.1. The van der Waals surface area contributed by atoms with Crippen molar-refractivity contribution in [3.63, 3.8) is 0 Å². The fourth-order valence-corrected chi connectivity index (χ4v) is 2.85. The summed E-state index contributed by atoms with van der Waals surface area (Å²) in [4.78, 5) is 22.3. The molecule has 0 atom stereocenters. The first kappa shape index (κ1) is 17.1. The van der Waals surface area contributed by atoms with E-state index in [0.717, 1.165) is 38.2 Å². The quantitative estimate of drug-likeness (QED) is 0.641. The SMILES string of the molecule is O=C(Cc1ccc([N+](=O)[O-])cc1)Nc1cnn(CC2CCOCC2)c1. The van der Waals surface area contributed by atoms with Gasteiger partial charge in [-0.3, -0.25) is 19.6 Å². The molecule has 0 bridgehead atoms. The second-order valence-electron chi connectivity index (χ2n) is 6.16. The molecule has 0 unspecified atom stereocenters. The molecule has 0 saturated carbocycles. The van der Waals surface area contributed by atoms with E-state index in [1.165, 1.54) is 12.1 Å². The lowest BCUT2D eigenvalue weighted by Gasteiger charge is -2.21. The van der Waals surface area contributed by atoms with Crippen LogP contribution in [-0.4, -0.2) is 33.8 Å². The van der Waals surface area contributed by atoms with Crippen LogP contribution in [0.15, 0.2) is 36.7 Å². The van der Waals surface area contributed by atoms with E-state index >= 15 is 0 Å². The van der Waals surface area contributed by atoms with Crippen molar-refractivity contribution >= 4 is 17.3 Å². The number of ether oxygens (including phenoxy) is 1. The summed E-state index contributed by atoms with van der Waals surface area (Å²) < 4.78 is 7.19. The van der Waals surface area contributed by atoms with E-state index in [-0.39, 0.29) is 18.0 Å². The summed E-state index contributed by atoms with van der Waals surface area (Å²) in [6.07, 6.45) is 5.67. The van der Waals surface area contributed by atoms with Gasteiger partial charge in [-0.1, -0.05) is 12.1 Å². The molecule has 3 rings (SSSR count). The number of rotatable bonds is 6. The number of non-ortho nitro benzene ring substituents is 1. The van der Waals surface area contributed by atoms with Gasteiger partial charge in [0.05, 0.1) is 23.2 Å². The highest BCUT2D eigenvalue weighted by atomic mass is 16.6. The average Bonchev–Trinajstić information content (AvgIpc) is 3.03. The Morgan fingerprint density at radius 1 is 1.32 bits per heavy atom. The second-order valence-corrected chi connectivity index (χ2v) is 6.16. The van der Waals surface area contributed by atoms with Crippen LogP contribution >= 0.6 is 0 Å². The van der Waals surface area contributed by atoms with Crippen molar-refractivity contribution in [1.82, 2.24) is 9.78 Å². The number of nitro benzene ring substituents is 1. The lowest BCUT2D eigenvalue weighted by molar-refractivity contribution is -0.384. The number of nitrogens with one attached hydrogen (secondary N) is 1. The lowest BCUT2D eigenvalue weighted by atomic mass is 10.0. The molecule has 0 radical (unpaired) electrons. The van der Waals surface area contributed by atoms with Crippen molar-refractivity contribution in [2.24, 2.45) is 5.92 Å². The minimum absolute atomic E-state index is 0.0125. The monoisotopic (exact) mass is 344 g/mol. The maximum absolute atomic E-state index is 12.1. The molecule has 1 amide bonds. The number of carbonyl (C=O) groups is 1. The van der Waals surface area contributed by atoms with Gasteiger partial charge in [-0.15, -0.1) is 0 Å². The first-order valence-corrected chi connectivity index (χ1v) is 8.23. The zero-order chi connectivity index (χ0) is 17.6. The van der Waals surface area contributed by atoms with E-state index in [2.05, 4.69) is 10.4 Å². The Balaban J connectivity index is 1.51. The van der Waals surface area contributed by atoms with Crippen molar-refractivity contribution in [3.8, 4) is 0 Å². The molecule has 2 aromatic rings. The van der Waals surface area contributed by atoms with E-state index in [9.17, 15) is 14.9 Å². The highest BCUT2D eigenvalue weighted by Crippen LogP contribution is 2.18. The Hall–Kier alpha value is -2.74. The fraction of sp³-hybridized carbons (Fsp3) is 0.412. The normalized spacial score (nSPS) is 15.0. The molecule has 1 fully saturated rings. The van der Waals surface area contributed by atoms with Gasteiger partial charge in [0.2, 0.25) is 5.91 Å². The Bertz CT molecular complexity index is 735. The van der Waals surface area contributed by atoms with Crippen molar-refractivity contribution in [3.05, 3.63) is 52.3 Å². The van der Waals surface area contributed by atoms with Crippen LogP contribution in [0.25, 0.3) is 0 Å². The number of amides is 1.